The number of ether oxygens (including phenoxy) is 2. The summed E-state index contributed by atoms with van der Waals surface area (Å²) in [7, 11) is 0. The van der Waals surface area contributed by atoms with Crippen molar-refractivity contribution in [3.05, 3.63) is 18.2 Å². The van der Waals surface area contributed by atoms with Gasteiger partial charge in [-0.2, -0.15) is 0 Å². The van der Waals surface area contributed by atoms with Crippen LogP contribution < -0.4 is 14.8 Å². The van der Waals surface area contributed by atoms with E-state index in [4.69, 9.17) is 14.6 Å². The fourth-order valence-electron chi connectivity index (χ4n) is 8.41. The average Bonchev–Trinajstić information content (AvgIpc) is 2.97. The van der Waals surface area contributed by atoms with Gasteiger partial charge in [0.15, 0.2) is 0 Å². The van der Waals surface area contributed by atoms with Gasteiger partial charge in [-0.05, 0) is 62.7 Å². The third-order valence-electron chi connectivity index (χ3n) is 10.3. The number of carbonyl (C=O) groups excluding carboxylic acids is 1. The largest absolute Gasteiger partial charge is 0.493 e. The van der Waals surface area contributed by atoms with Gasteiger partial charge in [0.25, 0.3) is 0 Å². The van der Waals surface area contributed by atoms with Crippen LogP contribution in [0.5, 0.6) is 11.5 Å². The first-order chi connectivity index (χ1) is 21.0. The van der Waals surface area contributed by atoms with Crippen LogP contribution in [0.2, 0.25) is 0 Å². The molecule has 4 aliphatic rings. The Balaban J connectivity index is 1.11. The molecule has 0 atom stereocenters. The van der Waals surface area contributed by atoms with Crippen molar-refractivity contribution in [2.45, 2.75) is 148 Å². The van der Waals surface area contributed by atoms with Crippen molar-refractivity contribution in [1.29, 1.82) is 0 Å². The number of benzene rings is 1. The van der Waals surface area contributed by atoms with Crippen LogP contribution in [0, 0.1) is 23.2 Å². The Morgan fingerprint density at radius 2 is 1.19 bits per heavy atom. The van der Waals surface area contributed by atoms with Crippen molar-refractivity contribution < 1.29 is 24.2 Å². The number of hydrogen-bond donors (Lipinski definition) is 2. The molecule has 0 heterocycles. The Kier molecular flexibility index (Phi) is 14.0. The first-order valence-electron chi connectivity index (χ1n) is 17.9. The van der Waals surface area contributed by atoms with Crippen LogP contribution in [-0.2, 0) is 9.59 Å². The fourth-order valence-corrected chi connectivity index (χ4v) is 8.41. The summed E-state index contributed by atoms with van der Waals surface area (Å²) >= 11 is 0. The number of carboxylic acid groups (broad SMARTS) is 1. The number of carbonyl (C=O) groups is 2. The van der Waals surface area contributed by atoms with Crippen LogP contribution in [0.15, 0.2) is 18.2 Å². The van der Waals surface area contributed by atoms with E-state index in [0.29, 0.717) is 41.5 Å². The van der Waals surface area contributed by atoms with Crippen LogP contribution in [0.3, 0.4) is 0 Å². The second-order valence-corrected chi connectivity index (χ2v) is 14.2. The van der Waals surface area contributed by atoms with Crippen LogP contribution in [0.4, 0.5) is 5.69 Å². The SMILES string of the molecule is CCCCCCCCCCCCCCCCCCOc1cc(NCC(=O)O)cc(OC(=O)C23CC4CC(CC(C4)C2)C3)c1. The predicted octanol–water partition coefficient (Wildman–Crippen LogP) is 9.95. The van der Waals surface area contributed by atoms with Crippen LogP contribution >= 0.6 is 0 Å². The highest BCUT2D eigenvalue weighted by molar-refractivity contribution is 5.80. The van der Waals surface area contributed by atoms with Gasteiger partial charge in [0, 0.05) is 23.9 Å². The summed E-state index contributed by atoms with van der Waals surface area (Å²) in [6.45, 7) is 2.68. The molecule has 1 aromatic rings. The van der Waals surface area contributed by atoms with E-state index in [1.165, 1.54) is 109 Å². The molecule has 0 amide bonds. The summed E-state index contributed by atoms with van der Waals surface area (Å²) in [4.78, 5) is 24.6. The summed E-state index contributed by atoms with van der Waals surface area (Å²) in [6.07, 6.45) is 28.0. The number of anilines is 1. The second-order valence-electron chi connectivity index (χ2n) is 14.2. The molecule has 6 heteroatoms. The zero-order chi connectivity index (χ0) is 30.3. The minimum atomic E-state index is -0.938. The number of rotatable bonds is 23. The average molecular weight is 598 g/mol. The molecule has 4 aliphatic carbocycles. The Morgan fingerprint density at radius 1 is 0.721 bits per heavy atom. The minimum absolute atomic E-state index is 0.106. The lowest BCUT2D eigenvalue weighted by molar-refractivity contribution is -0.161. The van der Waals surface area contributed by atoms with Gasteiger partial charge in [-0.15, -0.1) is 0 Å². The Labute approximate surface area is 261 Å². The third kappa shape index (κ3) is 11.3. The number of esters is 1. The molecule has 0 aromatic heterocycles. The molecule has 2 N–H and O–H groups in total. The molecule has 0 radical (unpaired) electrons. The van der Waals surface area contributed by atoms with Gasteiger partial charge < -0.3 is 19.9 Å². The second kappa shape index (κ2) is 17.9. The zero-order valence-corrected chi connectivity index (χ0v) is 27.0. The fraction of sp³-hybridized carbons (Fsp3) is 0.784. The van der Waals surface area contributed by atoms with E-state index in [-0.39, 0.29) is 17.9 Å². The maximum absolute atomic E-state index is 13.5. The van der Waals surface area contributed by atoms with Gasteiger partial charge in [0.1, 0.15) is 18.0 Å². The first-order valence-corrected chi connectivity index (χ1v) is 17.9. The highest BCUT2D eigenvalue weighted by Crippen LogP contribution is 2.60. The van der Waals surface area contributed by atoms with Gasteiger partial charge in [0.2, 0.25) is 0 Å². The molecule has 6 nitrogen and oxygen atoms in total. The quantitative estimate of drug-likeness (QED) is 0.0742. The van der Waals surface area contributed by atoms with Crippen molar-refractivity contribution in [2.75, 3.05) is 18.5 Å². The van der Waals surface area contributed by atoms with Gasteiger partial charge in [-0.1, -0.05) is 103 Å². The van der Waals surface area contributed by atoms with E-state index < -0.39 is 5.97 Å². The molecule has 4 saturated carbocycles. The molecule has 5 rings (SSSR count). The summed E-state index contributed by atoms with van der Waals surface area (Å²) in [5.41, 5.74) is 0.258. The summed E-state index contributed by atoms with van der Waals surface area (Å²) < 4.78 is 12.1. The molecule has 0 saturated heterocycles. The summed E-state index contributed by atoms with van der Waals surface area (Å²) in [5, 5.41) is 12.1. The Bertz CT molecular complexity index is 956. The third-order valence-corrected chi connectivity index (χ3v) is 10.3. The molecule has 0 unspecified atom stereocenters. The topological polar surface area (TPSA) is 84.9 Å². The number of unbranched alkanes of at least 4 members (excludes halogenated alkanes) is 15. The highest BCUT2D eigenvalue weighted by atomic mass is 16.5. The van der Waals surface area contributed by atoms with Crippen LogP contribution in [0.25, 0.3) is 0 Å². The molecule has 4 fully saturated rings. The molecule has 4 bridgehead atoms. The van der Waals surface area contributed by atoms with Gasteiger partial charge in [-0.25, -0.2) is 0 Å². The minimum Gasteiger partial charge on any atom is -0.493 e. The van der Waals surface area contributed by atoms with E-state index in [1.54, 1.807) is 18.2 Å². The lowest BCUT2D eigenvalue weighted by atomic mass is 9.49. The van der Waals surface area contributed by atoms with E-state index in [2.05, 4.69) is 12.2 Å². The molecule has 1 aromatic carbocycles. The molecule has 242 valence electrons. The Morgan fingerprint density at radius 3 is 1.67 bits per heavy atom. The molecule has 43 heavy (non-hydrogen) atoms. The summed E-state index contributed by atoms with van der Waals surface area (Å²) in [6, 6.07) is 5.32. The molecular weight excluding hydrogens is 538 g/mol. The molecular formula is C37H59NO5. The lowest BCUT2D eigenvalue weighted by Crippen LogP contribution is -2.51. The van der Waals surface area contributed by atoms with Crippen LogP contribution in [0.1, 0.15) is 148 Å². The van der Waals surface area contributed by atoms with Crippen molar-refractivity contribution in [3.8, 4) is 11.5 Å². The van der Waals surface area contributed by atoms with Crippen molar-refractivity contribution in [3.63, 3.8) is 0 Å². The smallest absolute Gasteiger partial charge is 0.322 e. The van der Waals surface area contributed by atoms with Gasteiger partial charge in [-0.3, -0.25) is 9.59 Å². The van der Waals surface area contributed by atoms with Crippen molar-refractivity contribution >= 4 is 17.6 Å². The van der Waals surface area contributed by atoms with Gasteiger partial charge in [0.05, 0.1) is 12.0 Å². The maximum atomic E-state index is 13.5. The predicted molar refractivity (Wildman–Crippen MR) is 174 cm³/mol. The number of nitrogens with one attached hydrogen (secondary N) is 1. The zero-order valence-electron chi connectivity index (χ0n) is 27.0. The normalized spacial score (nSPS) is 23.8. The molecule has 0 aliphatic heterocycles. The number of hydrogen-bond acceptors (Lipinski definition) is 5. The van der Waals surface area contributed by atoms with E-state index in [0.717, 1.165) is 32.1 Å². The highest BCUT2D eigenvalue weighted by Gasteiger charge is 2.55. The first kappa shape index (κ1) is 33.6. The van der Waals surface area contributed by atoms with E-state index in [1.807, 2.05) is 0 Å². The summed E-state index contributed by atoms with van der Waals surface area (Å²) in [5.74, 6) is 2.02. The van der Waals surface area contributed by atoms with E-state index in [9.17, 15) is 9.59 Å². The number of aliphatic carboxylic acids is 1. The molecule has 0 spiro atoms. The van der Waals surface area contributed by atoms with Crippen molar-refractivity contribution in [1.82, 2.24) is 0 Å². The maximum Gasteiger partial charge on any atom is 0.322 e. The standard InChI is InChI=1S/C37H59NO5/c1-2-3-4-5-6-7-8-9-10-11-12-13-14-15-16-17-18-42-33-22-32(38-28-35(39)40)23-34(24-33)43-36(41)37-25-29-19-30(26-37)21-31(20-29)27-37/h22-24,29-31,38H,2-21,25-28H2,1H3,(H,39,40). The monoisotopic (exact) mass is 597 g/mol. The van der Waals surface area contributed by atoms with E-state index >= 15 is 0 Å². The lowest BCUT2D eigenvalue weighted by Gasteiger charge is -2.55. The number of carboxylic acids is 1. The Hall–Kier alpha value is -2.24. The van der Waals surface area contributed by atoms with Crippen molar-refractivity contribution in [2.24, 2.45) is 23.2 Å². The van der Waals surface area contributed by atoms with Crippen LogP contribution in [-0.4, -0.2) is 30.2 Å². The van der Waals surface area contributed by atoms with Gasteiger partial charge >= 0.3 is 11.9 Å².